The van der Waals surface area contributed by atoms with Gasteiger partial charge in [0.2, 0.25) is 0 Å². The van der Waals surface area contributed by atoms with Crippen LogP contribution in [0.2, 0.25) is 0 Å². The van der Waals surface area contributed by atoms with Gasteiger partial charge in [-0.3, -0.25) is 9.59 Å². The molecule has 3 rings (SSSR count). The lowest BCUT2D eigenvalue weighted by atomic mass is 9.94. The van der Waals surface area contributed by atoms with Gasteiger partial charge in [0, 0.05) is 12.1 Å². The first kappa shape index (κ1) is 22.5. The SMILES string of the molecule is COc1ccc(/C(O)=C2\C(=O)C(=O)N(CCCN(C)C)C2c2ccc(F)cc2)c(C)c1. The van der Waals surface area contributed by atoms with Crippen LogP contribution in [-0.2, 0) is 9.59 Å². The number of carbonyl (C=O) groups is 2. The number of benzene rings is 2. The summed E-state index contributed by atoms with van der Waals surface area (Å²) in [4.78, 5) is 29.3. The van der Waals surface area contributed by atoms with E-state index in [1.165, 1.54) is 17.0 Å². The van der Waals surface area contributed by atoms with Crippen molar-refractivity contribution in [2.45, 2.75) is 19.4 Å². The van der Waals surface area contributed by atoms with Gasteiger partial charge in [-0.05, 0) is 75.4 Å². The third-order valence-corrected chi connectivity index (χ3v) is 5.42. The van der Waals surface area contributed by atoms with E-state index < -0.39 is 23.5 Å². The maximum atomic E-state index is 13.5. The zero-order chi connectivity index (χ0) is 22.7. The van der Waals surface area contributed by atoms with E-state index in [4.69, 9.17) is 4.74 Å². The number of Topliss-reactive ketones (excluding diaryl/α,β-unsaturated/α-hetero) is 1. The molecule has 31 heavy (non-hydrogen) atoms. The number of likely N-dealkylation sites (tertiary alicyclic amines) is 1. The minimum atomic E-state index is -0.788. The molecule has 2 aromatic carbocycles. The van der Waals surface area contributed by atoms with E-state index in [9.17, 15) is 19.1 Å². The molecule has 1 saturated heterocycles. The number of amides is 1. The van der Waals surface area contributed by atoms with Gasteiger partial charge >= 0.3 is 0 Å². The number of ether oxygens (including phenoxy) is 1. The van der Waals surface area contributed by atoms with Gasteiger partial charge in [0.25, 0.3) is 11.7 Å². The second-order valence-corrected chi connectivity index (χ2v) is 7.88. The fourth-order valence-corrected chi connectivity index (χ4v) is 3.83. The Morgan fingerprint density at radius 1 is 1.16 bits per heavy atom. The number of hydrogen-bond acceptors (Lipinski definition) is 5. The highest BCUT2D eigenvalue weighted by Gasteiger charge is 2.45. The van der Waals surface area contributed by atoms with Gasteiger partial charge in [0.05, 0.1) is 18.7 Å². The third kappa shape index (κ3) is 4.61. The van der Waals surface area contributed by atoms with Gasteiger partial charge in [-0.15, -0.1) is 0 Å². The average Bonchev–Trinajstić information content (AvgIpc) is 2.98. The Bertz CT molecular complexity index is 1010. The zero-order valence-corrected chi connectivity index (χ0v) is 18.2. The molecule has 0 bridgehead atoms. The van der Waals surface area contributed by atoms with Crippen molar-refractivity contribution in [3.05, 3.63) is 70.5 Å². The topological polar surface area (TPSA) is 70.1 Å². The molecule has 7 heteroatoms. The third-order valence-electron chi connectivity index (χ3n) is 5.42. The Kier molecular flexibility index (Phi) is 6.75. The number of halogens is 1. The highest BCUT2D eigenvalue weighted by Crippen LogP contribution is 2.40. The second kappa shape index (κ2) is 9.31. The minimum absolute atomic E-state index is 0.00901. The molecule has 164 valence electrons. The van der Waals surface area contributed by atoms with E-state index >= 15 is 0 Å². The Morgan fingerprint density at radius 3 is 2.42 bits per heavy atom. The van der Waals surface area contributed by atoms with Crippen molar-refractivity contribution in [2.24, 2.45) is 0 Å². The van der Waals surface area contributed by atoms with Crippen LogP contribution in [0.4, 0.5) is 4.39 Å². The van der Waals surface area contributed by atoms with Crippen LogP contribution in [0, 0.1) is 12.7 Å². The Morgan fingerprint density at radius 2 is 1.84 bits per heavy atom. The normalized spacial score (nSPS) is 18.1. The predicted molar refractivity (Wildman–Crippen MR) is 116 cm³/mol. The van der Waals surface area contributed by atoms with Crippen LogP contribution in [0.5, 0.6) is 5.75 Å². The van der Waals surface area contributed by atoms with E-state index in [0.717, 1.165) is 6.54 Å². The number of methoxy groups -OCH3 is 1. The fourth-order valence-electron chi connectivity index (χ4n) is 3.83. The highest BCUT2D eigenvalue weighted by atomic mass is 19.1. The highest BCUT2D eigenvalue weighted by molar-refractivity contribution is 6.46. The van der Waals surface area contributed by atoms with Gasteiger partial charge in [-0.25, -0.2) is 4.39 Å². The summed E-state index contributed by atoms with van der Waals surface area (Å²) in [6.45, 7) is 2.86. The number of aliphatic hydroxyl groups excluding tert-OH is 1. The van der Waals surface area contributed by atoms with Gasteiger partial charge < -0.3 is 19.6 Å². The summed E-state index contributed by atoms with van der Waals surface area (Å²) in [5.41, 5.74) is 1.72. The molecule has 1 amide bonds. The zero-order valence-electron chi connectivity index (χ0n) is 18.2. The molecule has 1 unspecified atom stereocenters. The molecular weight excluding hydrogens is 399 g/mol. The number of aliphatic hydroxyl groups is 1. The monoisotopic (exact) mass is 426 g/mol. The van der Waals surface area contributed by atoms with Crippen molar-refractivity contribution in [1.82, 2.24) is 9.80 Å². The average molecular weight is 426 g/mol. The first-order chi connectivity index (χ1) is 14.7. The summed E-state index contributed by atoms with van der Waals surface area (Å²) in [5.74, 6) is -1.46. The number of aryl methyl sites for hydroxylation is 1. The van der Waals surface area contributed by atoms with E-state index in [-0.39, 0.29) is 11.3 Å². The maximum absolute atomic E-state index is 13.5. The first-order valence-corrected chi connectivity index (χ1v) is 10.1. The molecule has 1 aliphatic rings. The standard InChI is InChI=1S/C24H27FN2O4/c1-15-14-18(31-4)10-11-19(15)22(28)20-21(16-6-8-17(25)9-7-16)27(24(30)23(20)29)13-5-12-26(2)3/h6-11,14,21,28H,5,12-13H2,1-4H3/b22-20+. The molecule has 0 saturated carbocycles. The smallest absolute Gasteiger partial charge is 0.295 e. The van der Waals surface area contributed by atoms with Crippen LogP contribution in [0.1, 0.15) is 29.2 Å². The van der Waals surface area contributed by atoms with Crippen LogP contribution in [0.3, 0.4) is 0 Å². The lowest BCUT2D eigenvalue weighted by Gasteiger charge is -2.26. The number of ketones is 1. The number of hydrogen-bond donors (Lipinski definition) is 1. The van der Waals surface area contributed by atoms with Gasteiger partial charge in [0.15, 0.2) is 0 Å². The molecule has 0 aromatic heterocycles. The number of nitrogens with zero attached hydrogens (tertiary/aromatic N) is 2. The van der Waals surface area contributed by atoms with Gasteiger partial charge in [-0.2, -0.15) is 0 Å². The van der Waals surface area contributed by atoms with Crippen molar-refractivity contribution in [3.63, 3.8) is 0 Å². The molecule has 1 fully saturated rings. The largest absolute Gasteiger partial charge is 0.507 e. The Labute approximate surface area is 181 Å². The fraction of sp³-hybridized carbons (Fsp3) is 0.333. The summed E-state index contributed by atoms with van der Waals surface area (Å²) in [5, 5.41) is 11.1. The molecule has 1 N–H and O–H groups in total. The van der Waals surface area contributed by atoms with Crippen molar-refractivity contribution in [1.29, 1.82) is 0 Å². The summed E-state index contributed by atoms with van der Waals surface area (Å²) in [6.07, 6.45) is 0.652. The van der Waals surface area contributed by atoms with Crippen LogP contribution in [-0.4, -0.2) is 60.9 Å². The van der Waals surface area contributed by atoms with E-state index in [1.807, 2.05) is 19.0 Å². The molecule has 0 radical (unpaired) electrons. The molecule has 1 heterocycles. The minimum Gasteiger partial charge on any atom is -0.507 e. The Balaban J connectivity index is 2.11. The number of carbonyl (C=O) groups excluding carboxylic acids is 2. The van der Waals surface area contributed by atoms with Crippen LogP contribution >= 0.6 is 0 Å². The lowest BCUT2D eigenvalue weighted by molar-refractivity contribution is -0.139. The van der Waals surface area contributed by atoms with Crippen LogP contribution in [0.15, 0.2) is 48.0 Å². The quantitative estimate of drug-likeness (QED) is 0.417. The van der Waals surface area contributed by atoms with E-state index in [2.05, 4.69) is 0 Å². The molecular formula is C24H27FN2O4. The molecule has 0 aliphatic carbocycles. The summed E-state index contributed by atoms with van der Waals surface area (Å²) in [7, 11) is 5.40. The second-order valence-electron chi connectivity index (χ2n) is 7.88. The van der Waals surface area contributed by atoms with Crippen molar-refractivity contribution < 1.29 is 23.8 Å². The summed E-state index contributed by atoms with van der Waals surface area (Å²) in [6, 6.07) is 9.95. The molecule has 6 nitrogen and oxygen atoms in total. The molecule has 0 spiro atoms. The van der Waals surface area contributed by atoms with Gasteiger partial charge in [-0.1, -0.05) is 12.1 Å². The van der Waals surface area contributed by atoms with Crippen LogP contribution < -0.4 is 4.74 Å². The Hall–Kier alpha value is -3.19. The molecule has 1 aliphatic heterocycles. The van der Waals surface area contributed by atoms with Gasteiger partial charge in [0.1, 0.15) is 17.3 Å². The predicted octanol–water partition coefficient (Wildman–Crippen LogP) is 3.52. The lowest BCUT2D eigenvalue weighted by Crippen LogP contribution is -2.32. The van der Waals surface area contributed by atoms with Crippen molar-refractivity contribution >= 4 is 17.4 Å². The number of rotatable bonds is 7. The van der Waals surface area contributed by atoms with Crippen molar-refractivity contribution in [3.8, 4) is 5.75 Å². The summed E-state index contributed by atoms with van der Waals surface area (Å²) < 4.78 is 18.7. The van der Waals surface area contributed by atoms with E-state index in [1.54, 1.807) is 44.4 Å². The van der Waals surface area contributed by atoms with Crippen molar-refractivity contribution in [2.75, 3.05) is 34.3 Å². The maximum Gasteiger partial charge on any atom is 0.295 e. The summed E-state index contributed by atoms with van der Waals surface area (Å²) >= 11 is 0. The molecule has 1 atom stereocenters. The first-order valence-electron chi connectivity index (χ1n) is 10.1. The van der Waals surface area contributed by atoms with Crippen LogP contribution in [0.25, 0.3) is 5.76 Å². The molecule has 2 aromatic rings. The van der Waals surface area contributed by atoms with E-state index in [0.29, 0.717) is 35.4 Å².